The minimum atomic E-state index is -0.254. The van der Waals surface area contributed by atoms with E-state index < -0.39 is 0 Å². The van der Waals surface area contributed by atoms with Crippen LogP contribution in [0.1, 0.15) is 39.2 Å². The molecule has 4 heteroatoms. The molecule has 0 aromatic heterocycles. The van der Waals surface area contributed by atoms with Crippen molar-refractivity contribution in [3.05, 3.63) is 34.1 Å². The summed E-state index contributed by atoms with van der Waals surface area (Å²) in [6, 6.07) is 5.34. The van der Waals surface area contributed by atoms with E-state index in [0.717, 1.165) is 29.4 Å². The fourth-order valence-electron chi connectivity index (χ4n) is 2.77. The molecule has 0 aliphatic carbocycles. The van der Waals surface area contributed by atoms with Gasteiger partial charge in [0, 0.05) is 17.6 Å². The first-order valence-electron chi connectivity index (χ1n) is 7.25. The number of hydrogen-bond donors (Lipinski definition) is 1. The quantitative estimate of drug-likeness (QED) is 0.757. The molecule has 0 heterocycles. The zero-order valence-corrected chi connectivity index (χ0v) is 14.4. The molecule has 0 saturated carbocycles. The first-order chi connectivity index (χ1) is 9.52. The lowest BCUT2D eigenvalue weighted by atomic mass is 9.84. The molecular formula is C16H25BrFNO. The Morgan fingerprint density at radius 1 is 1.30 bits per heavy atom. The van der Waals surface area contributed by atoms with E-state index in [1.807, 2.05) is 12.1 Å². The highest BCUT2D eigenvalue weighted by atomic mass is 79.9. The van der Waals surface area contributed by atoms with E-state index in [4.69, 9.17) is 4.74 Å². The maximum absolute atomic E-state index is 14.1. The number of halogens is 2. The summed E-state index contributed by atoms with van der Waals surface area (Å²) in [5, 5.41) is 3.46. The summed E-state index contributed by atoms with van der Waals surface area (Å²) in [6.45, 7) is 7.15. The van der Waals surface area contributed by atoms with Crippen LogP contribution in [-0.4, -0.2) is 25.3 Å². The number of rotatable bonds is 8. The van der Waals surface area contributed by atoms with Crippen molar-refractivity contribution in [2.24, 2.45) is 0 Å². The zero-order chi connectivity index (χ0) is 15.2. The van der Waals surface area contributed by atoms with Crippen LogP contribution in [0.25, 0.3) is 0 Å². The van der Waals surface area contributed by atoms with Crippen LogP contribution in [0.2, 0.25) is 0 Å². The second-order valence-electron chi connectivity index (χ2n) is 5.03. The minimum absolute atomic E-state index is 0.100. The average molecular weight is 346 g/mol. The molecule has 0 saturated heterocycles. The molecule has 0 aliphatic heterocycles. The molecule has 1 rings (SSSR count). The second kappa shape index (κ2) is 8.11. The summed E-state index contributed by atoms with van der Waals surface area (Å²) in [5.41, 5.74) is 0.470. The normalized spacial score (nSPS) is 13.5. The Morgan fingerprint density at radius 3 is 2.40 bits per heavy atom. The molecule has 0 amide bonds. The third-order valence-corrected chi connectivity index (χ3v) is 4.62. The molecule has 1 aromatic rings. The highest BCUT2D eigenvalue weighted by molar-refractivity contribution is 9.10. The zero-order valence-electron chi connectivity index (χ0n) is 12.8. The monoisotopic (exact) mass is 345 g/mol. The van der Waals surface area contributed by atoms with Gasteiger partial charge in [-0.2, -0.15) is 0 Å². The van der Waals surface area contributed by atoms with Crippen molar-refractivity contribution < 1.29 is 9.13 Å². The summed E-state index contributed by atoms with van der Waals surface area (Å²) in [6.07, 6.45) is 2.42. The first kappa shape index (κ1) is 17.6. The van der Waals surface area contributed by atoms with Gasteiger partial charge in [0.15, 0.2) is 0 Å². The van der Waals surface area contributed by atoms with E-state index in [0.29, 0.717) is 6.42 Å². The highest BCUT2D eigenvalue weighted by Gasteiger charge is 2.35. The Balaban J connectivity index is 3.02. The molecule has 114 valence electrons. The summed E-state index contributed by atoms with van der Waals surface area (Å²) in [4.78, 5) is 0. The molecule has 2 nitrogen and oxygen atoms in total. The summed E-state index contributed by atoms with van der Waals surface area (Å²) in [7, 11) is 1.75. The van der Waals surface area contributed by atoms with Gasteiger partial charge in [0.1, 0.15) is 5.82 Å². The van der Waals surface area contributed by atoms with Gasteiger partial charge in [0.05, 0.1) is 5.60 Å². The topological polar surface area (TPSA) is 21.3 Å². The van der Waals surface area contributed by atoms with Crippen LogP contribution in [0, 0.1) is 5.82 Å². The van der Waals surface area contributed by atoms with Gasteiger partial charge in [-0.15, -0.1) is 0 Å². The van der Waals surface area contributed by atoms with E-state index in [-0.39, 0.29) is 17.5 Å². The second-order valence-corrected chi connectivity index (χ2v) is 5.94. The van der Waals surface area contributed by atoms with Gasteiger partial charge in [-0.1, -0.05) is 42.8 Å². The molecule has 0 spiro atoms. The lowest BCUT2D eigenvalue weighted by Crippen LogP contribution is -2.52. The number of nitrogens with one attached hydrogen (secondary N) is 1. The van der Waals surface area contributed by atoms with Crippen molar-refractivity contribution in [2.45, 2.75) is 51.7 Å². The SMILES string of the molecule is CCNC(Cc1ccc(Br)cc1F)C(CC)(CC)OC. The van der Waals surface area contributed by atoms with E-state index >= 15 is 0 Å². The van der Waals surface area contributed by atoms with Crippen molar-refractivity contribution in [1.82, 2.24) is 5.32 Å². The molecule has 0 bridgehead atoms. The maximum Gasteiger partial charge on any atom is 0.127 e. The molecule has 0 aliphatic rings. The van der Waals surface area contributed by atoms with E-state index in [1.165, 1.54) is 6.07 Å². The van der Waals surface area contributed by atoms with Crippen LogP contribution in [-0.2, 0) is 11.2 Å². The summed E-state index contributed by atoms with van der Waals surface area (Å²) < 4.78 is 20.6. The lowest BCUT2D eigenvalue weighted by molar-refractivity contribution is -0.0470. The Morgan fingerprint density at radius 2 is 1.95 bits per heavy atom. The predicted octanol–water partition coefficient (Wildman–Crippen LogP) is 4.31. The molecule has 0 radical (unpaired) electrons. The van der Waals surface area contributed by atoms with Crippen LogP contribution < -0.4 is 5.32 Å². The standard InChI is InChI=1S/C16H25BrFNO/c1-5-16(6-2,20-4)15(19-7-3)10-12-8-9-13(17)11-14(12)18/h8-9,11,15,19H,5-7,10H2,1-4H3. The van der Waals surface area contributed by atoms with Crippen molar-refractivity contribution in [2.75, 3.05) is 13.7 Å². The molecule has 0 fully saturated rings. The van der Waals surface area contributed by atoms with Crippen molar-refractivity contribution in [1.29, 1.82) is 0 Å². The maximum atomic E-state index is 14.1. The molecule has 1 N–H and O–H groups in total. The van der Waals surface area contributed by atoms with Gasteiger partial charge in [-0.3, -0.25) is 0 Å². The highest BCUT2D eigenvalue weighted by Crippen LogP contribution is 2.28. The number of hydrogen-bond acceptors (Lipinski definition) is 2. The Hall–Kier alpha value is -0.450. The van der Waals surface area contributed by atoms with Gasteiger partial charge in [0.2, 0.25) is 0 Å². The Labute approximate surface area is 130 Å². The van der Waals surface area contributed by atoms with Crippen LogP contribution >= 0.6 is 15.9 Å². The van der Waals surface area contributed by atoms with Crippen molar-refractivity contribution in [3.8, 4) is 0 Å². The van der Waals surface area contributed by atoms with Gasteiger partial charge in [0.25, 0.3) is 0 Å². The minimum Gasteiger partial charge on any atom is -0.377 e. The first-order valence-corrected chi connectivity index (χ1v) is 8.04. The Bertz CT molecular complexity index is 413. The number of methoxy groups -OCH3 is 1. The van der Waals surface area contributed by atoms with E-state index in [1.54, 1.807) is 7.11 Å². The van der Waals surface area contributed by atoms with Crippen molar-refractivity contribution in [3.63, 3.8) is 0 Å². The van der Waals surface area contributed by atoms with Gasteiger partial charge in [-0.05, 0) is 43.5 Å². The van der Waals surface area contributed by atoms with Gasteiger partial charge >= 0.3 is 0 Å². The molecule has 1 aromatic carbocycles. The van der Waals surface area contributed by atoms with Crippen LogP contribution in [0.4, 0.5) is 4.39 Å². The van der Waals surface area contributed by atoms with Gasteiger partial charge in [-0.25, -0.2) is 4.39 Å². The third-order valence-electron chi connectivity index (χ3n) is 4.13. The average Bonchev–Trinajstić information content (AvgIpc) is 2.44. The lowest BCUT2D eigenvalue weighted by Gasteiger charge is -2.39. The van der Waals surface area contributed by atoms with Crippen molar-refractivity contribution >= 4 is 15.9 Å². The summed E-state index contributed by atoms with van der Waals surface area (Å²) in [5.74, 6) is -0.167. The number of ether oxygens (including phenoxy) is 1. The number of likely N-dealkylation sites (N-methyl/N-ethyl adjacent to an activating group) is 1. The van der Waals surface area contributed by atoms with Crippen LogP contribution in [0.15, 0.2) is 22.7 Å². The predicted molar refractivity (Wildman–Crippen MR) is 85.6 cm³/mol. The number of benzene rings is 1. The molecular weight excluding hydrogens is 321 g/mol. The molecule has 1 atom stereocenters. The summed E-state index contributed by atoms with van der Waals surface area (Å²) >= 11 is 3.29. The van der Waals surface area contributed by atoms with E-state index in [9.17, 15) is 4.39 Å². The Kier molecular flexibility index (Phi) is 7.13. The van der Waals surface area contributed by atoms with Crippen LogP contribution in [0.3, 0.4) is 0 Å². The largest absolute Gasteiger partial charge is 0.377 e. The van der Waals surface area contributed by atoms with Crippen LogP contribution in [0.5, 0.6) is 0 Å². The smallest absolute Gasteiger partial charge is 0.127 e. The fourth-order valence-corrected chi connectivity index (χ4v) is 3.10. The molecule has 1 unspecified atom stereocenters. The molecule has 20 heavy (non-hydrogen) atoms. The fraction of sp³-hybridized carbons (Fsp3) is 0.625. The van der Waals surface area contributed by atoms with E-state index in [2.05, 4.69) is 42.0 Å². The third kappa shape index (κ3) is 4.03. The van der Waals surface area contributed by atoms with Gasteiger partial charge < -0.3 is 10.1 Å².